The molecular formula is C23H31NO5. The summed E-state index contributed by atoms with van der Waals surface area (Å²) in [6.45, 7) is 1.63. The Morgan fingerprint density at radius 2 is 1.69 bits per heavy atom. The Kier molecular flexibility index (Phi) is 5.70. The maximum absolute atomic E-state index is 12.7. The fraction of sp³-hybridized carbons (Fsp3) is 0.652. The predicted molar refractivity (Wildman–Crippen MR) is 108 cm³/mol. The van der Waals surface area contributed by atoms with Gasteiger partial charge in [0, 0.05) is 5.56 Å². The molecule has 29 heavy (non-hydrogen) atoms. The lowest BCUT2D eigenvalue weighted by Gasteiger charge is -2.53. The molecule has 0 spiro atoms. The van der Waals surface area contributed by atoms with Gasteiger partial charge in [-0.3, -0.25) is 9.59 Å². The normalized spacial score (nSPS) is 30.5. The standard InChI is InChI=1S/C23H31NO5/c1-13(19-11-18(27-2)4-5-20(19)28-3)24-21(25)12-29-23(26)22-16-7-14-6-15(9-16)10-17(22)8-14/h4-5,11,13-17,22H,6-10,12H2,1-3H3,(H,24,25)/t13-,14?,15?,16?,17?,22?/m0/s1. The number of esters is 1. The summed E-state index contributed by atoms with van der Waals surface area (Å²) in [6.07, 6.45) is 5.98. The first-order chi connectivity index (χ1) is 14.0. The average molecular weight is 402 g/mol. The van der Waals surface area contributed by atoms with Crippen LogP contribution in [0.2, 0.25) is 0 Å². The topological polar surface area (TPSA) is 73.9 Å². The minimum absolute atomic E-state index is 0.00787. The van der Waals surface area contributed by atoms with Crippen LogP contribution < -0.4 is 14.8 Å². The lowest BCUT2D eigenvalue weighted by molar-refractivity contribution is -0.165. The van der Waals surface area contributed by atoms with Crippen LogP contribution in [0.4, 0.5) is 0 Å². The van der Waals surface area contributed by atoms with Gasteiger partial charge < -0.3 is 19.5 Å². The largest absolute Gasteiger partial charge is 0.497 e. The summed E-state index contributed by atoms with van der Waals surface area (Å²) in [5.74, 6) is 3.40. The fourth-order valence-corrected chi connectivity index (χ4v) is 6.08. The van der Waals surface area contributed by atoms with E-state index in [1.165, 1.54) is 6.42 Å². The second kappa shape index (κ2) is 8.25. The van der Waals surface area contributed by atoms with E-state index in [2.05, 4.69) is 5.32 Å². The molecule has 1 amide bonds. The Balaban J connectivity index is 1.32. The van der Waals surface area contributed by atoms with Crippen molar-refractivity contribution in [3.8, 4) is 11.5 Å². The van der Waals surface area contributed by atoms with Gasteiger partial charge in [0.1, 0.15) is 11.5 Å². The number of nitrogens with one attached hydrogen (secondary N) is 1. The van der Waals surface area contributed by atoms with Gasteiger partial charge in [-0.2, -0.15) is 0 Å². The molecule has 4 aliphatic rings. The average Bonchev–Trinajstić information content (AvgIpc) is 2.70. The highest BCUT2D eigenvalue weighted by atomic mass is 16.5. The van der Waals surface area contributed by atoms with Gasteiger partial charge in [-0.1, -0.05) is 0 Å². The number of carbonyl (C=O) groups excluding carboxylic acids is 2. The summed E-state index contributed by atoms with van der Waals surface area (Å²) in [6, 6.07) is 5.16. The molecule has 0 saturated heterocycles. The Morgan fingerprint density at radius 3 is 2.28 bits per heavy atom. The van der Waals surface area contributed by atoms with Crippen LogP contribution in [0.25, 0.3) is 0 Å². The molecule has 6 heteroatoms. The molecule has 1 aromatic carbocycles. The van der Waals surface area contributed by atoms with Crippen LogP contribution in [0.1, 0.15) is 50.6 Å². The van der Waals surface area contributed by atoms with E-state index in [1.54, 1.807) is 14.2 Å². The van der Waals surface area contributed by atoms with Crippen molar-refractivity contribution in [2.24, 2.45) is 29.6 Å². The lowest BCUT2D eigenvalue weighted by atomic mass is 9.52. The van der Waals surface area contributed by atoms with Crippen molar-refractivity contribution in [3.63, 3.8) is 0 Å². The van der Waals surface area contributed by atoms with Gasteiger partial charge in [0.05, 0.1) is 26.2 Å². The molecule has 6 nitrogen and oxygen atoms in total. The van der Waals surface area contributed by atoms with Crippen LogP contribution in [0.3, 0.4) is 0 Å². The zero-order valence-electron chi connectivity index (χ0n) is 17.5. The van der Waals surface area contributed by atoms with Crippen molar-refractivity contribution in [3.05, 3.63) is 23.8 Å². The molecule has 0 aromatic heterocycles. The number of carbonyl (C=O) groups is 2. The second-order valence-electron chi connectivity index (χ2n) is 8.96. The number of ether oxygens (including phenoxy) is 3. The van der Waals surface area contributed by atoms with Crippen LogP contribution in [0.5, 0.6) is 11.5 Å². The summed E-state index contributed by atoms with van der Waals surface area (Å²) in [4.78, 5) is 25.2. The van der Waals surface area contributed by atoms with Crippen LogP contribution in [-0.2, 0) is 14.3 Å². The SMILES string of the molecule is COc1ccc(OC)c([C@H](C)NC(=O)COC(=O)C2C3CC4CC(C3)CC2C4)c1. The first-order valence-electron chi connectivity index (χ1n) is 10.7. The number of rotatable bonds is 7. The molecule has 0 aliphatic heterocycles. The van der Waals surface area contributed by atoms with E-state index in [4.69, 9.17) is 14.2 Å². The molecule has 5 rings (SSSR count). The highest BCUT2D eigenvalue weighted by Gasteiger charge is 2.51. The molecule has 158 valence electrons. The minimum Gasteiger partial charge on any atom is -0.497 e. The number of amides is 1. The fourth-order valence-electron chi connectivity index (χ4n) is 6.08. The Labute approximate surface area is 172 Å². The molecule has 1 aromatic rings. The molecular weight excluding hydrogens is 370 g/mol. The summed E-state index contributed by atoms with van der Waals surface area (Å²) in [5.41, 5.74) is 0.813. The van der Waals surface area contributed by atoms with E-state index in [9.17, 15) is 9.59 Å². The smallest absolute Gasteiger partial charge is 0.310 e. The molecule has 0 heterocycles. The van der Waals surface area contributed by atoms with Crippen molar-refractivity contribution >= 4 is 11.9 Å². The van der Waals surface area contributed by atoms with Crippen LogP contribution in [-0.4, -0.2) is 32.7 Å². The zero-order chi connectivity index (χ0) is 20.5. The van der Waals surface area contributed by atoms with E-state index >= 15 is 0 Å². The molecule has 0 radical (unpaired) electrons. The molecule has 1 atom stereocenters. The maximum atomic E-state index is 12.7. The molecule has 4 fully saturated rings. The number of methoxy groups -OCH3 is 2. The van der Waals surface area contributed by atoms with Crippen molar-refractivity contribution in [2.75, 3.05) is 20.8 Å². The first kappa shape index (κ1) is 20.0. The number of hydrogen-bond donors (Lipinski definition) is 1. The van der Waals surface area contributed by atoms with E-state index < -0.39 is 0 Å². The molecule has 4 bridgehead atoms. The molecule has 4 saturated carbocycles. The van der Waals surface area contributed by atoms with E-state index in [-0.39, 0.29) is 30.4 Å². The Bertz CT molecular complexity index is 749. The van der Waals surface area contributed by atoms with Gasteiger partial charge in [0.25, 0.3) is 5.91 Å². The van der Waals surface area contributed by atoms with Crippen molar-refractivity contribution in [2.45, 2.75) is 45.1 Å². The Morgan fingerprint density at radius 1 is 1.03 bits per heavy atom. The van der Waals surface area contributed by atoms with Crippen molar-refractivity contribution < 1.29 is 23.8 Å². The van der Waals surface area contributed by atoms with Crippen molar-refractivity contribution in [1.82, 2.24) is 5.32 Å². The monoisotopic (exact) mass is 401 g/mol. The summed E-state index contributed by atoms with van der Waals surface area (Å²) < 4.78 is 16.1. The van der Waals surface area contributed by atoms with E-state index in [0.717, 1.165) is 43.1 Å². The van der Waals surface area contributed by atoms with Crippen molar-refractivity contribution in [1.29, 1.82) is 0 Å². The molecule has 4 aliphatic carbocycles. The highest BCUT2D eigenvalue weighted by Crippen LogP contribution is 2.56. The third-order valence-electron chi connectivity index (χ3n) is 7.13. The van der Waals surface area contributed by atoms with Gasteiger partial charge in [-0.25, -0.2) is 0 Å². The number of benzene rings is 1. The van der Waals surface area contributed by atoms with Gasteiger partial charge in [-0.05, 0) is 80.9 Å². The quantitative estimate of drug-likeness (QED) is 0.708. The molecule has 0 unspecified atom stereocenters. The highest BCUT2D eigenvalue weighted by molar-refractivity contribution is 5.82. The summed E-state index contributed by atoms with van der Waals surface area (Å²) >= 11 is 0. The second-order valence-corrected chi connectivity index (χ2v) is 8.96. The summed E-state index contributed by atoms with van der Waals surface area (Å²) in [5, 5.41) is 2.89. The Hall–Kier alpha value is -2.24. The summed E-state index contributed by atoms with van der Waals surface area (Å²) in [7, 11) is 3.19. The van der Waals surface area contributed by atoms with Gasteiger partial charge in [-0.15, -0.1) is 0 Å². The van der Waals surface area contributed by atoms with Gasteiger partial charge in [0.2, 0.25) is 0 Å². The lowest BCUT2D eigenvalue weighted by Crippen LogP contribution is -2.48. The number of hydrogen-bond acceptors (Lipinski definition) is 5. The first-order valence-corrected chi connectivity index (χ1v) is 10.7. The van der Waals surface area contributed by atoms with E-state index in [0.29, 0.717) is 23.3 Å². The van der Waals surface area contributed by atoms with E-state index in [1.807, 2.05) is 25.1 Å². The predicted octanol–water partition coefficient (Wildman–Crippen LogP) is 3.50. The van der Waals surface area contributed by atoms with Gasteiger partial charge >= 0.3 is 5.97 Å². The third kappa shape index (κ3) is 4.07. The van der Waals surface area contributed by atoms with Crippen LogP contribution in [0, 0.1) is 29.6 Å². The molecule has 1 N–H and O–H groups in total. The van der Waals surface area contributed by atoms with Crippen LogP contribution >= 0.6 is 0 Å². The third-order valence-corrected chi connectivity index (χ3v) is 7.13. The minimum atomic E-state index is -0.306. The van der Waals surface area contributed by atoms with Gasteiger partial charge in [0.15, 0.2) is 6.61 Å². The maximum Gasteiger partial charge on any atom is 0.310 e. The zero-order valence-corrected chi connectivity index (χ0v) is 17.5. The van der Waals surface area contributed by atoms with Crippen LogP contribution in [0.15, 0.2) is 18.2 Å².